The van der Waals surface area contributed by atoms with E-state index in [1.807, 2.05) is 0 Å². The second-order valence-corrected chi connectivity index (χ2v) is 3.77. The van der Waals surface area contributed by atoms with E-state index in [4.69, 9.17) is 5.73 Å². The fourth-order valence-corrected chi connectivity index (χ4v) is 0.687. The van der Waals surface area contributed by atoms with E-state index < -0.39 is 24.0 Å². The molecule has 3 N–H and O–H groups in total. The Morgan fingerprint density at radius 2 is 1.86 bits per heavy atom. The number of nitrogens with two attached hydrogens (primary N) is 1. The van der Waals surface area contributed by atoms with Crippen LogP contribution >= 0.6 is 12.2 Å². The Kier molecular flexibility index (Phi) is 3.87. The summed E-state index contributed by atoms with van der Waals surface area (Å²) in [5.41, 5.74) is 4.12. The maximum Gasteiger partial charge on any atom is 0.397 e. The molecule has 3 nitrogen and oxygen atoms in total. The minimum Gasteiger partial charge on any atom is -0.391 e. The SMILES string of the molecule is CC(C)(NC(=O)CC(F)(F)F)C(N)=S. The third-order valence-electron chi connectivity index (χ3n) is 1.43. The molecule has 0 aliphatic rings. The number of carbonyl (C=O) groups excluding carboxylic acids is 1. The number of nitrogens with one attached hydrogen (secondary N) is 1. The third kappa shape index (κ3) is 5.00. The van der Waals surface area contributed by atoms with Crippen molar-refractivity contribution in [3.05, 3.63) is 0 Å². The molecule has 0 aromatic heterocycles. The highest BCUT2D eigenvalue weighted by Gasteiger charge is 2.34. The molecule has 0 saturated heterocycles. The summed E-state index contributed by atoms with van der Waals surface area (Å²) in [5, 5.41) is 2.09. The standard InChI is InChI=1S/C7H11F3N2OS/c1-6(2,5(11)14)12-4(13)3-7(8,9)10/h3H2,1-2H3,(H2,11,14)(H,12,13). The van der Waals surface area contributed by atoms with Crippen molar-refractivity contribution in [2.45, 2.75) is 32.0 Å². The van der Waals surface area contributed by atoms with Gasteiger partial charge in [-0.3, -0.25) is 4.79 Å². The summed E-state index contributed by atoms with van der Waals surface area (Å²) >= 11 is 4.57. The predicted molar refractivity (Wildman–Crippen MR) is 49.7 cm³/mol. The fourth-order valence-electron chi connectivity index (χ4n) is 0.636. The molecule has 7 heteroatoms. The molecule has 0 bridgehead atoms. The van der Waals surface area contributed by atoms with Crippen LogP contribution in [0.25, 0.3) is 0 Å². The van der Waals surface area contributed by atoms with Crippen LogP contribution in [-0.2, 0) is 4.79 Å². The molecule has 1 amide bonds. The first-order valence-electron chi connectivity index (χ1n) is 3.72. The van der Waals surface area contributed by atoms with Crippen LogP contribution < -0.4 is 11.1 Å². The third-order valence-corrected chi connectivity index (χ3v) is 1.94. The monoisotopic (exact) mass is 228 g/mol. The van der Waals surface area contributed by atoms with Crippen molar-refractivity contribution in [2.75, 3.05) is 0 Å². The van der Waals surface area contributed by atoms with E-state index >= 15 is 0 Å². The van der Waals surface area contributed by atoms with Crippen LogP contribution in [0.5, 0.6) is 0 Å². The van der Waals surface area contributed by atoms with E-state index in [0.29, 0.717) is 0 Å². The molecule has 0 rings (SSSR count). The minimum absolute atomic E-state index is 0.0620. The lowest BCUT2D eigenvalue weighted by Gasteiger charge is -2.24. The Labute approximate surface area is 84.8 Å². The van der Waals surface area contributed by atoms with Gasteiger partial charge in [-0.1, -0.05) is 12.2 Å². The molecule has 14 heavy (non-hydrogen) atoms. The zero-order valence-corrected chi connectivity index (χ0v) is 8.55. The summed E-state index contributed by atoms with van der Waals surface area (Å²) < 4.78 is 35.3. The highest BCUT2D eigenvalue weighted by atomic mass is 32.1. The second kappa shape index (κ2) is 4.12. The van der Waals surface area contributed by atoms with Crippen LogP contribution in [0.3, 0.4) is 0 Å². The first kappa shape index (κ1) is 13.2. The van der Waals surface area contributed by atoms with Crippen molar-refractivity contribution in [1.82, 2.24) is 5.32 Å². The van der Waals surface area contributed by atoms with Crippen molar-refractivity contribution in [3.8, 4) is 0 Å². The zero-order chi connectivity index (χ0) is 11.6. The number of hydrogen-bond donors (Lipinski definition) is 2. The normalized spacial score (nSPS) is 12.4. The predicted octanol–water partition coefficient (Wildman–Crippen LogP) is 1.12. The first-order chi connectivity index (χ1) is 6.04. The van der Waals surface area contributed by atoms with E-state index in [0.717, 1.165) is 0 Å². The van der Waals surface area contributed by atoms with E-state index in [1.165, 1.54) is 13.8 Å². The van der Waals surface area contributed by atoms with Crippen molar-refractivity contribution in [3.63, 3.8) is 0 Å². The van der Waals surface area contributed by atoms with Gasteiger partial charge in [0.1, 0.15) is 6.42 Å². The van der Waals surface area contributed by atoms with Gasteiger partial charge >= 0.3 is 6.18 Å². The van der Waals surface area contributed by atoms with Gasteiger partial charge in [-0.05, 0) is 13.8 Å². The Morgan fingerprint density at radius 3 is 2.14 bits per heavy atom. The van der Waals surface area contributed by atoms with E-state index in [-0.39, 0.29) is 4.99 Å². The van der Waals surface area contributed by atoms with E-state index in [9.17, 15) is 18.0 Å². The Bertz CT molecular complexity index is 250. The average molecular weight is 228 g/mol. The highest BCUT2D eigenvalue weighted by molar-refractivity contribution is 7.80. The summed E-state index contributed by atoms with van der Waals surface area (Å²) in [4.78, 5) is 10.8. The van der Waals surface area contributed by atoms with Gasteiger partial charge in [-0.2, -0.15) is 13.2 Å². The van der Waals surface area contributed by atoms with Crippen LogP contribution in [0.2, 0.25) is 0 Å². The van der Waals surface area contributed by atoms with Crippen LogP contribution in [0.4, 0.5) is 13.2 Å². The zero-order valence-electron chi connectivity index (χ0n) is 7.73. The number of carbonyl (C=O) groups is 1. The van der Waals surface area contributed by atoms with Gasteiger partial charge in [0, 0.05) is 0 Å². The molecule has 0 fully saturated rings. The summed E-state index contributed by atoms with van der Waals surface area (Å²) in [5.74, 6) is -1.14. The van der Waals surface area contributed by atoms with Gasteiger partial charge in [0.15, 0.2) is 0 Å². The maximum absolute atomic E-state index is 11.8. The molecule has 0 unspecified atom stereocenters. The fraction of sp³-hybridized carbons (Fsp3) is 0.714. The molecule has 0 aromatic carbocycles. The number of thiocarbonyl (C=S) groups is 1. The second-order valence-electron chi connectivity index (χ2n) is 3.33. The average Bonchev–Trinajstić information content (AvgIpc) is 1.79. The molecular formula is C7H11F3N2OS. The summed E-state index contributed by atoms with van der Waals surface area (Å²) in [6.07, 6.45) is -6.05. The Morgan fingerprint density at radius 1 is 1.43 bits per heavy atom. The highest BCUT2D eigenvalue weighted by Crippen LogP contribution is 2.19. The van der Waals surface area contributed by atoms with Crippen LogP contribution in [-0.4, -0.2) is 22.6 Å². The van der Waals surface area contributed by atoms with E-state index in [2.05, 4.69) is 17.5 Å². The number of hydrogen-bond acceptors (Lipinski definition) is 2. The van der Waals surface area contributed by atoms with Gasteiger partial charge in [0.25, 0.3) is 0 Å². The number of alkyl halides is 3. The van der Waals surface area contributed by atoms with Gasteiger partial charge in [-0.15, -0.1) is 0 Å². The van der Waals surface area contributed by atoms with Crippen molar-refractivity contribution >= 4 is 23.1 Å². The van der Waals surface area contributed by atoms with Crippen molar-refractivity contribution < 1.29 is 18.0 Å². The van der Waals surface area contributed by atoms with Gasteiger partial charge in [0.2, 0.25) is 5.91 Å². The van der Waals surface area contributed by atoms with Gasteiger partial charge < -0.3 is 11.1 Å². The lowest BCUT2D eigenvalue weighted by atomic mass is 10.1. The maximum atomic E-state index is 11.8. The van der Waals surface area contributed by atoms with Gasteiger partial charge in [0.05, 0.1) is 10.5 Å². The van der Waals surface area contributed by atoms with Crippen molar-refractivity contribution in [2.24, 2.45) is 5.73 Å². The quantitative estimate of drug-likeness (QED) is 0.712. The molecule has 0 atom stereocenters. The molecular weight excluding hydrogens is 217 g/mol. The topological polar surface area (TPSA) is 55.1 Å². The van der Waals surface area contributed by atoms with Crippen molar-refractivity contribution in [1.29, 1.82) is 0 Å². The summed E-state index contributed by atoms with van der Waals surface area (Å²) in [6, 6.07) is 0. The Hall–Kier alpha value is -0.850. The van der Waals surface area contributed by atoms with Crippen LogP contribution in [0.15, 0.2) is 0 Å². The molecule has 0 aliphatic heterocycles. The molecule has 82 valence electrons. The smallest absolute Gasteiger partial charge is 0.391 e. The van der Waals surface area contributed by atoms with E-state index in [1.54, 1.807) is 0 Å². The number of halogens is 3. The first-order valence-corrected chi connectivity index (χ1v) is 4.13. The Balaban J connectivity index is 4.27. The minimum atomic E-state index is -4.52. The molecule has 0 radical (unpaired) electrons. The van der Waals surface area contributed by atoms with Gasteiger partial charge in [-0.25, -0.2) is 0 Å². The molecule has 0 aromatic rings. The lowest BCUT2D eigenvalue weighted by molar-refractivity contribution is -0.154. The molecule has 0 saturated carbocycles. The largest absolute Gasteiger partial charge is 0.397 e. The summed E-state index contributed by atoms with van der Waals surface area (Å²) in [7, 11) is 0. The number of amides is 1. The molecule has 0 aliphatic carbocycles. The summed E-state index contributed by atoms with van der Waals surface area (Å²) in [6.45, 7) is 2.87. The number of rotatable bonds is 3. The molecule has 0 heterocycles. The lowest BCUT2D eigenvalue weighted by Crippen LogP contribution is -2.52. The van der Waals surface area contributed by atoms with Crippen LogP contribution in [0, 0.1) is 0 Å². The molecule has 0 spiro atoms. The van der Waals surface area contributed by atoms with Crippen LogP contribution in [0.1, 0.15) is 20.3 Å².